The van der Waals surface area contributed by atoms with E-state index in [0.29, 0.717) is 18.4 Å². The van der Waals surface area contributed by atoms with Gasteiger partial charge in [-0.25, -0.2) is 0 Å². The number of carbonyl (C=O) groups excluding carboxylic acids is 1. The Labute approximate surface area is 137 Å². The molecule has 0 spiro atoms. The number of anilines is 1. The van der Waals surface area contributed by atoms with Gasteiger partial charge in [0.05, 0.1) is 0 Å². The van der Waals surface area contributed by atoms with Crippen molar-refractivity contribution in [3.8, 4) is 0 Å². The van der Waals surface area contributed by atoms with Crippen molar-refractivity contribution in [2.75, 3.05) is 29.5 Å². The van der Waals surface area contributed by atoms with E-state index in [1.54, 1.807) is 0 Å². The van der Waals surface area contributed by atoms with Crippen LogP contribution < -0.4 is 10.2 Å². The molecule has 1 aromatic carbocycles. The minimum Gasteiger partial charge on any atom is -0.312 e. The van der Waals surface area contributed by atoms with E-state index in [2.05, 4.69) is 5.32 Å². The first-order valence-electron chi connectivity index (χ1n) is 7.49. The van der Waals surface area contributed by atoms with Crippen molar-refractivity contribution in [3.05, 3.63) is 30.3 Å². The molecule has 1 N–H and O–H groups in total. The largest absolute Gasteiger partial charge is 0.312 e. The van der Waals surface area contributed by atoms with Gasteiger partial charge in [-0.05, 0) is 30.9 Å². The molecular weight excluding hydrogens is 304 g/mol. The third-order valence-corrected chi connectivity index (χ3v) is 5.06. The molecule has 1 aliphatic heterocycles. The molecule has 0 radical (unpaired) electrons. The second kappa shape index (κ2) is 8.06. The van der Waals surface area contributed by atoms with Crippen molar-refractivity contribution in [1.82, 2.24) is 5.32 Å². The van der Waals surface area contributed by atoms with Crippen molar-refractivity contribution in [2.45, 2.75) is 25.3 Å². The molecule has 1 aliphatic carbocycles. The summed E-state index contributed by atoms with van der Waals surface area (Å²) in [5.74, 6) is 3.20. The molecule has 5 heteroatoms. The predicted molar refractivity (Wildman–Crippen MR) is 92.5 cm³/mol. The molecule has 21 heavy (non-hydrogen) atoms. The maximum Gasteiger partial charge on any atom is 0.228 e. The van der Waals surface area contributed by atoms with Gasteiger partial charge in [-0.2, -0.15) is 11.8 Å². The van der Waals surface area contributed by atoms with Crippen LogP contribution in [0.15, 0.2) is 30.3 Å². The van der Waals surface area contributed by atoms with Crippen molar-refractivity contribution < 1.29 is 4.79 Å². The zero-order chi connectivity index (χ0) is 13.8. The molecule has 3 rings (SSSR count). The van der Waals surface area contributed by atoms with Crippen LogP contribution >= 0.6 is 24.2 Å². The average molecular weight is 327 g/mol. The van der Waals surface area contributed by atoms with Crippen LogP contribution in [0, 0.1) is 5.92 Å². The lowest BCUT2D eigenvalue weighted by molar-refractivity contribution is -0.119. The standard InChI is InChI=1S/C16H22N2OS.ClH/c19-16(10-14-12-20-9-8-17-14)18(11-13-6-7-13)15-4-2-1-3-5-15;/h1-5,13-14,17H,6-12H2;1H. The maximum atomic E-state index is 12.7. The molecule has 1 aromatic rings. The Hall–Kier alpha value is -0.710. The third-order valence-electron chi connectivity index (χ3n) is 3.93. The summed E-state index contributed by atoms with van der Waals surface area (Å²) in [6.45, 7) is 1.92. The van der Waals surface area contributed by atoms with Crippen LogP contribution in [0.1, 0.15) is 19.3 Å². The molecule has 2 fully saturated rings. The fourth-order valence-electron chi connectivity index (χ4n) is 2.59. The van der Waals surface area contributed by atoms with Crippen LogP contribution in [0.2, 0.25) is 0 Å². The van der Waals surface area contributed by atoms with Crippen molar-refractivity contribution in [3.63, 3.8) is 0 Å². The summed E-state index contributed by atoms with van der Waals surface area (Å²) in [5.41, 5.74) is 1.05. The number of carbonyl (C=O) groups is 1. The van der Waals surface area contributed by atoms with Crippen LogP contribution in [0.3, 0.4) is 0 Å². The van der Waals surface area contributed by atoms with Crippen LogP contribution in [0.25, 0.3) is 0 Å². The highest BCUT2D eigenvalue weighted by Crippen LogP contribution is 2.31. The lowest BCUT2D eigenvalue weighted by Crippen LogP contribution is -2.43. The van der Waals surface area contributed by atoms with Crippen molar-refractivity contribution in [2.24, 2.45) is 5.92 Å². The number of para-hydroxylation sites is 1. The minimum atomic E-state index is 0. The van der Waals surface area contributed by atoms with E-state index >= 15 is 0 Å². The molecule has 0 aromatic heterocycles. The van der Waals surface area contributed by atoms with Gasteiger partial charge >= 0.3 is 0 Å². The summed E-state index contributed by atoms with van der Waals surface area (Å²) >= 11 is 1.95. The molecular formula is C16H23ClN2OS. The van der Waals surface area contributed by atoms with Gasteiger partial charge in [0, 0.05) is 42.7 Å². The fourth-order valence-corrected chi connectivity index (χ4v) is 3.54. The Morgan fingerprint density at radius 2 is 2.05 bits per heavy atom. The van der Waals surface area contributed by atoms with E-state index in [1.807, 2.05) is 47.0 Å². The van der Waals surface area contributed by atoms with Gasteiger partial charge < -0.3 is 10.2 Å². The summed E-state index contributed by atoms with van der Waals surface area (Å²) in [6.07, 6.45) is 3.16. The van der Waals surface area contributed by atoms with E-state index in [1.165, 1.54) is 12.8 Å². The van der Waals surface area contributed by atoms with Crippen molar-refractivity contribution in [1.29, 1.82) is 0 Å². The van der Waals surface area contributed by atoms with E-state index < -0.39 is 0 Å². The van der Waals surface area contributed by atoms with Crippen LogP contribution in [0.4, 0.5) is 5.69 Å². The van der Waals surface area contributed by atoms with Crippen LogP contribution in [0.5, 0.6) is 0 Å². The van der Waals surface area contributed by atoms with Crippen LogP contribution in [-0.4, -0.2) is 36.5 Å². The number of benzene rings is 1. The van der Waals surface area contributed by atoms with E-state index in [-0.39, 0.29) is 18.3 Å². The Balaban J connectivity index is 0.00000161. The van der Waals surface area contributed by atoms with Gasteiger partial charge in [0.1, 0.15) is 0 Å². The summed E-state index contributed by atoms with van der Waals surface area (Å²) < 4.78 is 0. The number of thioether (sulfide) groups is 1. The zero-order valence-electron chi connectivity index (χ0n) is 12.2. The predicted octanol–water partition coefficient (Wildman–Crippen LogP) is 2.95. The molecule has 1 unspecified atom stereocenters. The first-order chi connectivity index (χ1) is 9.83. The molecule has 116 valence electrons. The summed E-state index contributed by atoms with van der Waals surface area (Å²) in [6, 6.07) is 10.5. The number of halogens is 1. The molecule has 1 saturated heterocycles. The zero-order valence-corrected chi connectivity index (χ0v) is 13.8. The highest BCUT2D eigenvalue weighted by molar-refractivity contribution is 7.99. The molecule has 1 saturated carbocycles. The lowest BCUT2D eigenvalue weighted by Gasteiger charge is -2.27. The van der Waals surface area contributed by atoms with E-state index in [4.69, 9.17) is 0 Å². The highest BCUT2D eigenvalue weighted by Gasteiger charge is 2.29. The van der Waals surface area contributed by atoms with Gasteiger partial charge in [-0.15, -0.1) is 12.4 Å². The van der Waals surface area contributed by atoms with Gasteiger partial charge in [0.2, 0.25) is 5.91 Å². The number of hydrogen-bond donors (Lipinski definition) is 1. The highest BCUT2D eigenvalue weighted by atomic mass is 35.5. The monoisotopic (exact) mass is 326 g/mol. The molecule has 1 atom stereocenters. The maximum absolute atomic E-state index is 12.7. The van der Waals surface area contributed by atoms with Gasteiger partial charge in [0.25, 0.3) is 0 Å². The number of amides is 1. The van der Waals surface area contributed by atoms with Gasteiger partial charge in [0.15, 0.2) is 0 Å². The van der Waals surface area contributed by atoms with Crippen molar-refractivity contribution >= 4 is 35.8 Å². The number of nitrogens with zero attached hydrogens (tertiary/aromatic N) is 1. The quantitative estimate of drug-likeness (QED) is 0.903. The second-order valence-corrected chi connectivity index (χ2v) is 6.86. The van der Waals surface area contributed by atoms with Gasteiger partial charge in [-0.1, -0.05) is 18.2 Å². The Bertz CT molecular complexity index is 447. The number of hydrogen-bond acceptors (Lipinski definition) is 3. The molecule has 1 heterocycles. The van der Waals surface area contributed by atoms with E-state index in [0.717, 1.165) is 30.3 Å². The topological polar surface area (TPSA) is 32.3 Å². The third kappa shape index (κ3) is 4.90. The summed E-state index contributed by atoms with van der Waals surface area (Å²) in [5, 5.41) is 3.46. The molecule has 1 amide bonds. The Morgan fingerprint density at radius 1 is 1.29 bits per heavy atom. The molecule has 0 bridgehead atoms. The smallest absolute Gasteiger partial charge is 0.228 e. The summed E-state index contributed by atoms with van der Waals surface area (Å²) in [4.78, 5) is 14.7. The van der Waals surface area contributed by atoms with E-state index in [9.17, 15) is 4.79 Å². The lowest BCUT2D eigenvalue weighted by atomic mass is 10.1. The van der Waals surface area contributed by atoms with Crippen LogP contribution in [-0.2, 0) is 4.79 Å². The van der Waals surface area contributed by atoms with Gasteiger partial charge in [-0.3, -0.25) is 4.79 Å². The Morgan fingerprint density at radius 3 is 2.67 bits per heavy atom. The SMILES string of the molecule is Cl.O=C(CC1CSCCN1)N(CC1CC1)c1ccccc1. The molecule has 3 nitrogen and oxygen atoms in total. The number of nitrogens with one attached hydrogen (secondary N) is 1. The first kappa shape index (κ1) is 16.7. The average Bonchev–Trinajstić information content (AvgIpc) is 3.31. The fraction of sp³-hybridized carbons (Fsp3) is 0.562. The first-order valence-corrected chi connectivity index (χ1v) is 8.65. The number of rotatable bonds is 5. The molecule has 2 aliphatic rings. The summed E-state index contributed by atoms with van der Waals surface area (Å²) in [7, 11) is 0. The minimum absolute atomic E-state index is 0. The second-order valence-electron chi connectivity index (χ2n) is 5.71. The normalized spacial score (nSPS) is 21.4. The Kier molecular flexibility index (Phi) is 6.40.